The molecule has 1 aromatic rings. The van der Waals surface area contributed by atoms with Gasteiger partial charge < -0.3 is 20.2 Å². The Kier molecular flexibility index (Phi) is 5.71. The summed E-state index contributed by atoms with van der Waals surface area (Å²) in [6.45, 7) is 6.57. The first kappa shape index (κ1) is 22.4. The highest BCUT2D eigenvalue weighted by Gasteiger charge is 2.59. The van der Waals surface area contributed by atoms with Crippen LogP contribution in [0.25, 0.3) is 0 Å². The first-order valence-corrected chi connectivity index (χ1v) is 12.4. The molecule has 2 aliphatic carbocycles. The predicted octanol–water partition coefficient (Wildman–Crippen LogP) is 2.18. The summed E-state index contributed by atoms with van der Waals surface area (Å²) in [7, 11) is 0. The zero-order chi connectivity index (χ0) is 23.2. The van der Waals surface area contributed by atoms with Gasteiger partial charge in [-0.3, -0.25) is 14.4 Å². The number of amides is 2. The second kappa shape index (κ2) is 8.42. The van der Waals surface area contributed by atoms with Crippen LogP contribution in [-0.2, 0) is 19.8 Å². The number of fused-ring (bicyclic) bond motifs is 2. The Morgan fingerprint density at radius 3 is 2.33 bits per heavy atom. The van der Waals surface area contributed by atoms with Crippen LogP contribution in [0, 0.1) is 24.7 Å². The summed E-state index contributed by atoms with van der Waals surface area (Å²) in [4.78, 5) is 39.2. The van der Waals surface area contributed by atoms with Crippen LogP contribution in [0.3, 0.4) is 0 Å². The van der Waals surface area contributed by atoms with Gasteiger partial charge in [-0.1, -0.05) is 29.8 Å². The minimum absolute atomic E-state index is 0.0859. The third-order valence-electron chi connectivity index (χ3n) is 8.73. The molecule has 33 heavy (non-hydrogen) atoms. The summed E-state index contributed by atoms with van der Waals surface area (Å²) < 4.78 is 0. The molecule has 0 unspecified atom stereocenters. The van der Waals surface area contributed by atoms with E-state index in [-0.39, 0.29) is 29.3 Å². The third kappa shape index (κ3) is 4.05. The molecule has 3 heterocycles. The second-order valence-corrected chi connectivity index (χ2v) is 10.9. The van der Waals surface area contributed by atoms with Crippen LogP contribution in [0.2, 0.25) is 0 Å². The molecule has 5 aliphatic rings. The Bertz CT molecular complexity index is 914. The van der Waals surface area contributed by atoms with Crippen molar-refractivity contribution in [2.45, 2.75) is 56.4 Å². The second-order valence-electron chi connectivity index (χ2n) is 10.9. The van der Waals surface area contributed by atoms with Gasteiger partial charge in [0.05, 0.1) is 11.3 Å². The van der Waals surface area contributed by atoms with E-state index in [4.69, 9.17) is 9.90 Å². The van der Waals surface area contributed by atoms with Gasteiger partial charge in [0.1, 0.15) is 0 Å². The number of hydrogen-bond acceptors (Lipinski definition) is 4. The Balaban J connectivity index is 0.000000724. The van der Waals surface area contributed by atoms with Crippen LogP contribution in [0.5, 0.6) is 0 Å². The largest absolute Gasteiger partial charge is 0.483 e. The van der Waals surface area contributed by atoms with E-state index in [1.807, 2.05) is 0 Å². The van der Waals surface area contributed by atoms with Gasteiger partial charge in [0.15, 0.2) is 0 Å². The highest BCUT2D eigenvalue weighted by molar-refractivity contribution is 5.91. The molecule has 7 heteroatoms. The minimum Gasteiger partial charge on any atom is -0.483 e. The van der Waals surface area contributed by atoms with Gasteiger partial charge in [0.2, 0.25) is 11.8 Å². The van der Waals surface area contributed by atoms with Crippen molar-refractivity contribution in [3.63, 3.8) is 0 Å². The van der Waals surface area contributed by atoms with E-state index in [0.717, 1.165) is 57.8 Å². The van der Waals surface area contributed by atoms with Gasteiger partial charge in [0.25, 0.3) is 6.47 Å². The topological polar surface area (TPSA) is 90.0 Å². The van der Waals surface area contributed by atoms with E-state index in [2.05, 4.69) is 46.3 Å². The summed E-state index contributed by atoms with van der Waals surface area (Å²) in [6.07, 6.45) is 6.48. The highest BCUT2D eigenvalue weighted by Crippen LogP contribution is 2.51. The molecule has 0 bridgehead atoms. The minimum atomic E-state index is -0.284. The van der Waals surface area contributed by atoms with Gasteiger partial charge in [0, 0.05) is 44.2 Å². The Morgan fingerprint density at radius 1 is 1.12 bits per heavy atom. The van der Waals surface area contributed by atoms with Crippen molar-refractivity contribution >= 4 is 18.3 Å². The van der Waals surface area contributed by atoms with Gasteiger partial charge in [-0.05, 0) is 56.9 Å². The van der Waals surface area contributed by atoms with Crippen molar-refractivity contribution in [2.75, 3.05) is 32.7 Å². The lowest BCUT2D eigenvalue weighted by Crippen LogP contribution is -2.57. The molecule has 5 fully saturated rings. The summed E-state index contributed by atoms with van der Waals surface area (Å²) in [5.74, 6) is 2.03. The lowest BCUT2D eigenvalue weighted by molar-refractivity contribution is -0.136. The Hall–Kier alpha value is -2.41. The van der Waals surface area contributed by atoms with E-state index in [0.29, 0.717) is 11.8 Å². The molecule has 3 saturated heterocycles. The fourth-order valence-electron chi connectivity index (χ4n) is 6.49. The van der Waals surface area contributed by atoms with Crippen molar-refractivity contribution < 1.29 is 19.5 Å². The molecular weight excluding hydrogens is 418 g/mol. The van der Waals surface area contributed by atoms with Crippen molar-refractivity contribution in [1.82, 2.24) is 15.1 Å². The lowest BCUT2D eigenvalue weighted by atomic mass is 9.75. The molecule has 0 radical (unpaired) electrons. The maximum atomic E-state index is 13.5. The fourth-order valence-corrected chi connectivity index (χ4v) is 6.49. The van der Waals surface area contributed by atoms with E-state index in [1.165, 1.54) is 30.5 Å². The van der Waals surface area contributed by atoms with Crippen LogP contribution in [0.4, 0.5) is 0 Å². The number of hydrogen-bond donors (Lipinski definition) is 2. The summed E-state index contributed by atoms with van der Waals surface area (Å²) in [6, 6.07) is 8.52. The van der Waals surface area contributed by atoms with E-state index >= 15 is 0 Å². The molecule has 2 amide bonds. The molecule has 7 nitrogen and oxygen atoms in total. The van der Waals surface area contributed by atoms with Crippen LogP contribution in [-0.4, -0.2) is 71.5 Å². The fraction of sp³-hybridized carbons (Fsp3) is 0.654. The SMILES string of the molecule is Cc1ccc(C2(C(=O)N3CCC4(CC3)NC(=O)[C@@H]3CN(CC5CC5)C[C@@H]34)CC2)cc1.O=CO. The number of benzene rings is 1. The van der Waals surface area contributed by atoms with Gasteiger partial charge in [-0.2, -0.15) is 0 Å². The number of likely N-dealkylation sites (tertiary alicyclic amines) is 2. The Morgan fingerprint density at radius 2 is 1.76 bits per heavy atom. The summed E-state index contributed by atoms with van der Waals surface area (Å²) in [5.41, 5.74) is 2.05. The molecule has 2 N–H and O–H groups in total. The monoisotopic (exact) mass is 453 g/mol. The zero-order valence-electron chi connectivity index (χ0n) is 19.5. The van der Waals surface area contributed by atoms with Crippen LogP contribution >= 0.6 is 0 Å². The van der Waals surface area contributed by atoms with E-state index in [1.54, 1.807) is 0 Å². The van der Waals surface area contributed by atoms with E-state index < -0.39 is 0 Å². The standard InChI is InChI=1S/C25H33N3O2.CH2O2/c1-17-2-6-19(7-3-17)24(8-9-24)23(30)28-12-10-25(11-13-28)21-16-27(14-18-4-5-18)15-20(21)22(29)26-25;2-1-3/h2-3,6-7,18,20-21H,4-5,8-16H2,1H3,(H,26,29);1H,(H,2,3)/t20-,21+;/m1./s1. The number of nitrogens with zero attached hydrogens (tertiary/aromatic N) is 2. The molecule has 6 rings (SSSR count). The number of carbonyl (C=O) groups is 3. The number of nitrogens with one attached hydrogen (secondary N) is 1. The number of aryl methyl sites for hydroxylation is 1. The van der Waals surface area contributed by atoms with Gasteiger partial charge in [-0.15, -0.1) is 0 Å². The summed E-state index contributed by atoms with van der Waals surface area (Å²) in [5, 5.41) is 10.3. The average Bonchev–Trinajstić information content (AvgIpc) is 3.72. The molecule has 1 aromatic carbocycles. The van der Waals surface area contributed by atoms with E-state index in [9.17, 15) is 9.59 Å². The van der Waals surface area contributed by atoms with Crippen molar-refractivity contribution in [3.8, 4) is 0 Å². The maximum absolute atomic E-state index is 13.5. The van der Waals surface area contributed by atoms with Crippen molar-refractivity contribution in [3.05, 3.63) is 35.4 Å². The molecule has 2 saturated carbocycles. The number of carbonyl (C=O) groups excluding carboxylic acids is 2. The number of carboxylic acid groups (broad SMARTS) is 1. The molecular formula is C26H35N3O4. The van der Waals surface area contributed by atoms with Gasteiger partial charge >= 0.3 is 0 Å². The van der Waals surface area contributed by atoms with Crippen LogP contribution < -0.4 is 5.32 Å². The first-order chi connectivity index (χ1) is 15.9. The highest BCUT2D eigenvalue weighted by atomic mass is 16.3. The quantitative estimate of drug-likeness (QED) is 0.682. The smallest absolute Gasteiger partial charge is 0.290 e. The lowest BCUT2D eigenvalue weighted by Gasteiger charge is -2.43. The van der Waals surface area contributed by atoms with Crippen molar-refractivity contribution in [1.29, 1.82) is 0 Å². The molecule has 2 atom stereocenters. The number of piperidine rings is 1. The normalized spacial score (nSPS) is 29.1. The molecule has 1 spiro atoms. The van der Waals surface area contributed by atoms with Crippen LogP contribution in [0.1, 0.15) is 49.7 Å². The summed E-state index contributed by atoms with van der Waals surface area (Å²) >= 11 is 0. The average molecular weight is 454 g/mol. The zero-order valence-corrected chi connectivity index (χ0v) is 19.5. The molecule has 0 aromatic heterocycles. The maximum Gasteiger partial charge on any atom is 0.290 e. The number of rotatable bonds is 4. The molecule has 178 valence electrons. The molecule has 3 aliphatic heterocycles. The van der Waals surface area contributed by atoms with Crippen LogP contribution in [0.15, 0.2) is 24.3 Å². The van der Waals surface area contributed by atoms with Crippen molar-refractivity contribution in [2.24, 2.45) is 17.8 Å². The first-order valence-electron chi connectivity index (χ1n) is 12.4. The Labute approximate surface area is 195 Å². The third-order valence-corrected chi connectivity index (χ3v) is 8.73. The predicted molar refractivity (Wildman–Crippen MR) is 124 cm³/mol. The van der Waals surface area contributed by atoms with Gasteiger partial charge in [-0.25, -0.2) is 0 Å².